The Balaban J connectivity index is 1.13. The lowest BCUT2D eigenvalue weighted by molar-refractivity contribution is -0.384. The summed E-state index contributed by atoms with van der Waals surface area (Å²) in [7, 11) is -1.59. The number of rotatable bonds is 21. The fourth-order valence-corrected chi connectivity index (χ4v) is 9.80. The second-order valence-electron chi connectivity index (χ2n) is 16.6. The summed E-state index contributed by atoms with van der Waals surface area (Å²) in [5.41, 5.74) is 7.94. The first kappa shape index (κ1) is 47.9. The molecule has 1 aromatic heterocycles. The molecule has 1 aliphatic rings. The van der Waals surface area contributed by atoms with E-state index in [4.69, 9.17) is 25.0 Å². The van der Waals surface area contributed by atoms with Crippen molar-refractivity contribution in [1.29, 1.82) is 0 Å². The number of β-lactam (4-membered cyclic amide) rings is 1. The minimum atomic E-state index is -1.77. The molecule has 3 atom stereocenters. The number of nitro benzene ring substituents is 1. The summed E-state index contributed by atoms with van der Waals surface area (Å²) in [6.45, 7) is 8.31. The van der Waals surface area contributed by atoms with Crippen LogP contribution in [0.4, 0.5) is 15.5 Å². The van der Waals surface area contributed by atoms with Crippen molar-refractivity contribution in [2.24, 2.45) is 5.16 Å². The molecule has 340 valence electrons. The molecule has 0 saturated carbocycles. The number of nitro groups is 1. The first-order chi connectivity index (χ1) is 31.1. The number of non-ortho nitro benzene ring substituents is 1. The minimum Gasteiger partial charge on any atom is -0.463 e. The normalized spacial score (nSPS) is 15.8. The number of thioether (sulfide) groups is 1. The molecule has 16 nitrogen and oxygen atoms in total. The van der Waals surface area contributed by atoms with E-state index >= 15 is 0 Å². The lowest BCUT2D eigenvalue weighted by Crippen LogP contribution is -2.68. The fourth-order valence-electron chi connectivity index (χ4n) is 6.92. The highest BCUT2D eigenvalue weighted by atomic mass is 32.2. The van der Waals surface area contributed by atoms with E-state index in [0.717, 1.165) is 22.9 Å². The number of nitrogens with zero attached hydrogens (tertiary/aromatic N) is 3. The number of nitrogen functional groups attached to an aromatic ring is 1. The number of thiazole rings is 1. The van der Waals surface area contributed by atoms with Gasteiger partial charge in [-0.1, -0.05) is 127 Å². The number of aromatic nitrogens is 1. The summed E-state index contributed by atoms with van der Waals surface area (Å²) < 4.78 is 10.9. The second kappa shape index (κ2) is 21.4. The number of esters is 1. The number of benzene rings is 4. The summed E-state index contributed by atoms with van der Waals surface area (Å²) in [5, 5.41) is 23.2. The maximum Gasteiger partial charge on any atom is 0.407 e. The number of hydrogen-bond acceptors (Lipinski definition) is 14. The summed E-state index contributed by atoms with van der Waals surface area (Å²) in [6, 6.07) is 35.5. The molecule has 4 aromatic carbocycles. The van der Waals surface area contributed by atoms with E-state index in [9.17, 15) is 29.3 Å². The monoisotopic (exact) mass is 937 g/mol. The highest BCUT2D eigenvalue weighted by molar-refractivity contribution is 8.00. The van der Waals surface area contributed by atoms with Gasteiger partial charge in [0.2, 0.25) is 11.5 Å². The van der Waals surface area contributed by atoms with Crippen molar-refractivity contribution < 1.29 is 38.4 Å². The average molecular weight is 938 g/mol. The molecule has 3 amide bonds. The number of amides is 3. The summed E-state index contributed by atoms with van der Waals surface area (Å²) >= 11 is 2.60. The SMILES string of the molecule is CC(Cc1nc(C(c2ccccc2)(c2ccccc2)c2ccccc2)sc1N)(ON=CC(=O)N[C@@H]1C(=O)N[C@@H]1SCCNC(=O)OCc1ccc([N+](=O)[O-])cc1)C(=O)OCC[Si](C)(C)C. The zero-order valence-electron chi connectivity index (χ0n) is 36.4. The van der Waals surface area contributed by atoms with Gasteiger partial charge in [-0.25, -0.2) is 14.6 Å². The first-order valence-electron chi connectivity index (χ1n) is 20.8. The van der Waals surface area contributed by atoms with Gasteiger partial charge in [-0.15, -0.1) is 11.8 Å². The number of carbonyl (C=O) groups is 4. The highest BCUT2D eigenvalue weighted by Crippen LogP contribution is 2.48. The highest BCUT2D eigenvalue weighted by Gasteiger charge is 2.45. The molecular formula is C46H51N7O9S2Si. The van der Waals surface area contributed by atoms with E-state index in [-0.39, 0.29) is 31.9 Å². The molecule has 0 bridgehead atoms. The molecule has 5 N–H and O–H groups in total. The number of nitrogens with two attached hydrogens (primary N) is 1. The summed E-state index contributed by atoms with van der Waals surface area (Å²) in [5.74, 6) is -1.50. The lowest BCUT2D eigenvalue weighted by atomic mass is 9.70. The van der Waals surface area contributed by atoms with Crippen LogP contribution in [0.5, 0.6) is 0 Å². The van der Waals surface area contributed by atoms with E-state index in [1.54, 1.807) is 0 Å². The zero-order chi connectivity index (χ0) is 46.6. The van der Waals surface area contributed by atoms with E-state index in [1.165, 1.54) is 54.3 Å². The van der Waals surface area contributed by atoms with Crippen LogP contribution in [0.3, 0.4) is 0 Å². The Kier molecular flexibility index (Phi) is 15.8. The molecule has 1 unspecified atom stereocenters. The smallest absolute Gasteiger partial charge is 0.407 e. The largest absolute Gasteiger partial charge is 0.463 e. The summed E-state index contributed by atoms with van der Waals surface area (Å²) in [4.78, 5) is 73.0. The van der Waals surface area contributed by atoms with E-state index in [2.05, 4.69) is 77.1 Å². The Morgan fingerprint density at radius 3 is 2.06 bits per heavy atom. The van der Waals surface area contributed by atoms with Crippen LogP contribution in [0.1, 0.15) is 39.9 Å². The van der Waals surface area contributed by atoms with Gasteiger partial charge < -0.3 is 36.0 Å². The van der Waals surface area contributed by atoms with Crippen LogP contribution in [0.25, 0.3) is 0 Å². The van der Waals surface area contributed by atoms with E-state index in [1.807, 2.05) is 54.6 Å². The third kappa shape index (κ3) is 12.2. The molecule has 1 fully saturated rings. The van der Waals surface area contributed by atoms with Gasteiger partial charge in [0.1, 0.15) is 34.2 Å². The molecule has 6 rings (SSSR count). The Labute approximate surface area is 385 Å². The molecule has 0 aliphatic carbocycles. The second-order valence-corrected chi connectivity index (χ2v) is 24.5. The van der Waals surface area contributed by atoms with Crippen LogP contribution in [0, 0.1) is 10.1 Å². The molecular weight excluding hydrogens is 887 g/mol. The standard InChI is InChI=1S/C46H51N7O9S2Si/c1-45(43(56)60-25-27-65(2,3)4,28-36-39(47)64-42(50-36)46(32-14-8-5-9-15-32,33-16-10-6-11-17-33)34-18-12-7-13-19-34)62-49-29-37(54)51-38-40(55)52-41(38)63-26-24-48-44(57)61-30-31-20-22-35(23-21-31)53(58)59/h5-23,29,38,41H,24-28,30,47H2,1-4H3,(H,48,57)(H,51,54)(H,52,55)/t38-,41-,45?/m1/s1. The summed E-state index contributed by atoms with van der Waals surface area (Å²) in [6.07, 6.45) is 0.0219. The van der Waals surface area contributed by atoms with Gasteiger partial charge in [0.05, 0.1) is 22.6 Å². The molecule has 2 heterocycles. The number of oxime groups is 1. The quantitative estimate of drug-likeness (QED) is 0.00871. The molecule has 0 spiro atoms. The maximum absolute atomic E-state index is 13.9. The van der Waals surface area contributed by atoms with Crippen LogP contribution in [0.15, 0.2) is 120 Å². The topological polar surface area (TPSA) is 226 Å². The Morgan fingerprint density at radius 1 is 0.938 bits per heavy atom. The number of hydrogen-bond donors (Lipinski definition) is 4. The van der Waals surface area contributed by atoms with Gasteiger partial charge >= 0.3 is 12.1 Å². The minimum absolute atomic E-state index is 0.0704. The Bertz CT molecular complexity index is 2380. The molecule has 0 radical (unpaired) electrons. The lowest BCUT2D eigenvalue weighted by Gasteiger charge is -2.36. The maximum atomic E-state index is 13.9. The van der Waals surface area contributed by atoms with Crippen LogP contribution in [0.2, 0.25) is 25.7 Å². The number of carbonyl (C=O) groups excluding carboxylic acids is 4. The third-order valence-corrected chi connectivity index (χ3v) is 14.4. The van der Waals surface area contributed by atoms with Crippen molar-refractivity contribution in [1.82, 2.24) is 20.9 Å². The predicted molar refractivity (Wildman–Crippen MR) is 253 cm³/mol. The van der Waals surface area contributed by atoms with Crippen molar-refractivity contribution in [3.63, 3.8) is 0 Å². The van der Waals surface area contributed by atoms with Gasteiger partial charge in [-0.05, 0) is 47.4 Å². The zero-order valence-corrected chi connectivity index (χ0v) is 39.0. The van der Waals surface area contributed by atoms with E-state index < -0.39 is 59.3 Å². The van der Waals surface area contributed by atoms with Crippen molar-refractivity contribution in [2.75, 3.05) is 24.6 Å². The van der Waals surface area contributed by atoms with Gasteiger partial charge in [-0.2, -0.15) is 0 Å². The number of ether oxygens (including phenoxy) is 2. The third-order valence-electron chi connectivity index (χ3n) is 10.5. The van der Waals surface area contributed by atoms with Crippen LogP contribution in [-0.2, 0) is 47.1 Å². The Morgan fingerprint density at radius 2 is 1.52 bits per heavy atom. The molecule has 65 heavy (non-hydrogen) atoms. The average Bonchev–Trinajstić information content (AvgIpc) is 3.65. The van der Waals surface area contributed by atoms with E-state index in [0.29, 0.717) is 33.1 Å². The number of nitrogens with one attached hydrogen (secondary N) is 3. The molecule has 19 heteroatoms. The van der Waals surface area contributed by atoms with Gasteiger partial charge in [0.25, 0.3) is 11.6 Å². The first-order valence-corrected chi connectivity index (χ1v) is 26.3. The number of anilines is 1. The molecule has 1 aliphatic heterocycles. The van der Waals surface area contributed by atoms with Gasteiger partial charge in [0.15, 0.2) is 0 Å². The number of alkyl carbamates (subject to hydrolysis) is 1. The van der Waals surface area contributed by atoms with Crippen molar-refractivity contribution in [2.45, 2.75) is 68.1 Å². The van der Waals surface area contributed by atoms with Crippen molar-refractivity contribution in [3.05, 3.63) is 158 Å². The van der Waals surface area contributed by atoms with Crippen LogP contribution < -0.4 is 21.7 Å². The molecule has 1 saturated heterocycles. The van der Waals surface area contributed by atoms with Gasteiger partial charge in [0, 0.05) is 38.9 Å². The predicted octanol–water partition coefficient (Wildman–Crippen LogP) is 6.80. The Hall–Kier alpha value is -6.57. The van der Waals surface area contributed by atoms with Crippen molar-refractivity contribution in [3.8, 4) is 0 Å². The van der Waals surface area contributed by atoms with Crippen molar-refractivity contribution >= 4 is 72.0 Å². The van der Waals surface area contributed by atoms with Crippen LogP contribution in [-0.4, -0.2) is 84.0 Å². The molecule has 5 aromatic rings. The van der Waals surface area contributed by atoms with Gasteiger partial charge in [-0.3, -0.25) is 19.7 Å². The van der Waals surface area contributed by atoms with Crippen LogP contribution >= 0.6 is 23.1 Å². The fraction of sp³-hybridized carbons (Fsp3) is 0.304.